The first-order valence-electron chi connectivity index (χ1n) is 10.6. The number of carbonyl (C=O) groups is 1. The average Bonchev–Trinajstić information content (AvgIpc) is 3.29. The Morgan fingerprint density at radius 2 is 1.86 bits per heavy atom. The molecular weight excluding hydrogens is 535 g/mol. The molecule has 3 aromatic carbocycles. The molecular formula is C25H22BrFN4O3S. The standard InChI is InChI=1S/C25H22BrFN4O3S/c1-16(34-20-10-6-9-19(14-20)33-2)24-29-30-25(31(24)18-7-4-3-5-8-18)35-15-23(32)28-22-12-11-17(27)13-21(22)26/h3-14,16H,15H2,1-2H3,(H,28,32). The molecule has 0 saturated heterocycles. The van der Waals surface area contributed by atoms with Crippen LogP contribution in [-0.4, -0.2) is 33.5 Å². The number of thioether (sulfide) groups is 1. The number of anilines is 1. The highest BCUT2D eigenvalue weighted by molar-refractivity contribution is 9.10. The topological polar surface area (TPSA) is 78.3 Å². The van der Waals surface area contributed by atoms with Crippen molar-refractivity contribution in [3.05, 3.63) is 88.9 Å². The van der Waals surface area contributed by atoms with Gasteiger partial charge in [-0.3, -0.25) is 9.36 Å². The Bertz CT molecular complexity index is 1320. The van der Waals surface area contributed by atoms with Crippen molar-refractivity contribution in [3.63, 3.8) is 0 Å². The molecule has 7 nitrogen and oxygen atoms in total. The molecule has 1 atom stereocenters. The fraction of sp³-hybridized carbons (Fsp3) is 0.160. The van der Waals surface area contributed by atoms with Crippen molar-refractivity contribution in [2.45, 2.75) is 18.2 Å². The second kappa shape index (κ2) is 11.4. The molecule has 1 N–H and O–H groups in total. The predicted octanol–water partition coefficient (Wildman–Crippen LogP) is 6.05. The summed E-state index contributed by atoms with van der Waals surface area (Å²) >= 11 is 4.50. The van der Waals surface area contributed by atoms with Crippen LogP contribution in [0.25, 0.3) is 5.69 Å². The summed E-state index contributed by atoms with van der Waals surface area (Å²) in [4.78, 5) is 12.6. The zero-order valence-electron chi connectivity index (χ0n) is 18.9. The summed E-state index contributed by atoms with van der Waals surface area (Å²) in [5.74, 6) is 1.35. The highest BCUT2D eigenvalue weighted by Gasteiger charge is 2.22. The lowest BCUT2D eigenvalue weighted by atomic mass is 10.3. The smallest absolute Gasteiger partial charge is 0.234 e. The maximum atomic E-state index is 13.3. The van der Waals surface area contributed by atoms with Gasteiger partial charge in [0.2, 0.25) is 5.91 Å². The number of ether oxygens (including phenoxy) is 2. The van der Waals surface area contributed by atoms with Crippen molar-refractivity contribution in [2.75, 3.05) is 18.2 Å². The number of rotatable bonds is 9. The third kappa shape index (κ3) is 6.20. The maximum Gasteiger partial charge on any atom is 0.234 e. The Morgan fingerprint density at radius 1 is 1.09 bits per heavy atom. The van der Waals surface area contributed by atoms with E-state index in [0.717, 1.165) is 5.69 Å². The first-order valence-corrected chi connectivity index (χ1v) is 12.4. The molecule has 1 aromatic heterocycles. The lowest BCUT2D eigenvalue weighted by Crippen LogP contribution is -2.15. The largest absolute Gasteiger partial charge is 0.497 e. The van der Waals surface area contributed by atoms with Crippen LogP contribution in [0.4, 0.5) is 10.1 Å². The van der Waals surface area contributed by atoms with Gasteiger partial charge in [0.05, 0.1) is 18.6 Å². The highest BCUT2D eigenvalue weighted by Crippen LogP contribution is 2.29. The first-order chi connectivity index (χ1) is 16.9. The first kappa shape index (κ1) is 24.7. The summed E-state index contributed by atoms with van der Waals surface area (Å²) in [5.41, 5.74) is 1.33. The van der Waals surface area contributed by atoms with Gasteiger partial charge < -0.3 is 14.8 Å². The Balaban J connectivity index is 1.54. The molecule has 0 bridgehead atoms. The van der Waals surface area contributed by atoms with Crippen LogP contribution in [0, 0.1) is 5.82 Å². The average molecular weight is 557 g/mol. The lowest BCUT2D eigenvalue weighted by Gasteiger charge is -2.17. The van der Waals surface area contributed by atoms with Crippen LogP contribution < -0.4 is 14.8 Å². The van der Waals surface area contributed by atoms with E-state index in [4.69, 9.17) is 9.47 Å². The van der Waals surface area contributed by atoms with Crippen molar-refractivity contribution in [3.8, 4) is 17.2 Å². The van der Waals surface area contributed by atoms with Crippen LogP contribution in [-0.2, 0) is 4.79 Å². The number of hydrogen-bond donors (Lipinski definition) is 1. The minimum atomic E-state index is -0.437. The summed E-state index contributed by atoms with van der Waals surface area (Å²) in [5, 5.41) is 12.0. The number of benzene rings is 3. The molecule has 0 aliphatic rings. The SMILES string of the molecule is COc1cccc(OC(C)c2nnc(SCC(=O)Nc3ccc(F)cc3Br)n2-c2ccccc2)c1. The Kier molecular flexibility index (Phi) is 8.04. The van der Waals surface area contributed by atoms with E-state index in [2.05, 4.69) is 31.4 Å². The van der Waals surface area contributed by atoms with Gasteiger partial charge in [0.1, 0.15) is 17.3 Å². The molecule has 0 aliphatic carbocycles. The zero-order chi connectivity index (χ0) is 24.8. The molecule has 35 heavy (non-hydrogen) atoms. The fourth-order valence-corrected chi connectivity index (χ4v) is 4.51. The van der Waals surface area contributed by atoms with Gasteiger partial charge in [-0.2, -0.15) is 0 Å². The predicted molar refractivity (Wildman–Crippen MR) is 137 cm³/mol. The van der Waals surface area contributed by atoms with E-state index in [1.165, 1.54) is 30.0 Å². The highest BCUT2D eigenvalue weighted by atomic mass is 79.9. The molecule has 4 rings (SSSR count). The monoisotopic (exact) mass is 556 g/mol. The van der Waals surface area contributed by atoms with E-state index in [1.807, 2.05) is 60.0 Å². The van der Waals surface area contributed by atoms with Gasteiger partial charge in [0.25, 0.3) is 0 Å². The van der Waals surface area contributed by atoms with E-state index in [-0.39, 0.29) is 11.7 Å². The number of amides is 1. The Hall–Kier alpha value is -3.37. The zero-order valence-corrected chi connectivity index (χ0v) is 21.3. The van der Waals surface area contributed by atoms with Crippen molar-refractivity contribution >= 4 is 39.3 Å². The Labute approximate surface area is 214 Å². The quantitative estimate of drug-likeness (QED) is 0.253. The van der Waals surface area contributed by atoms with Crippen molar-refractivity contribution < 1.29 is 18.7 Å². The van der Waals surface area contributed by atoms with Crippen LogP contribution in [0.3, 0.4) is 0 Å². The second-order valence-electron chi connectivity index (χ2n) is 7.41. The third-order valence-electron chi connectivity index (χ3n) is 4.93. The number of halogens is 2. The van der Waals surface area contributed by atoms with Gasteiger partial charge in [0.15, 0.2) is 17.1 Å². The minimum Gasteiger partial charge on any atom is -0.497 e. The van der Waals surface area contributed by atoms with Gasteiger partial charge in [-0.25, -0.2) is 4.39 Å². The summed E-state index contributed by atoms with van der Waals surface area (Å²) in [6.45, 7) is 1.89. The number of para-hydroxylation sites is 1. The number of hydrogen-bond acceptors (Lipinski definition) is 6. The van der Waals surface area contributed by atoms with Crippen molar-refractivity contribution in [1.29, 1.82) is 0 Å². The number of nitrogens with zero attached hydrogens (tertiary/aromatic N) is 3. The number of aromatic nitrogens is 3. The molecule has 1 unspecified atom stereocenters. The van der Waals surface area contributed by atoms with Gasteiger partial charge in [-0.15, -0.1) is 10.2 Å². The molecule has 0 radical (unpaired) electrons. The maximum absolute atomic E-state index is 13.3. The molecule has 1 heterocycles. The third-order valence-corrected chi connectivity index (χ3v) is 6.51. The van der Waals surface area contributed by atoms with E-state index >= 15 is 0 Å². The molecule has 0 spiro atoms. The summed E-state index contributed by atoms with van der Waals surface area (Å²) < 4.78 is 27.1. The van der Waals surface area contributed by atoms with Crippen LogP contribution in [0.5, 0.6) is 11.5 Å². The number of nitrogens with one attached hydrogen (secondary N) is 1. The molecule has 0 saturated carbocycles. The molecule has 1 amide bonds. The van der Waals surface area contributed by atoms with Gasteiger partial charge >= 0.3 is 0 Å². The summed E-state index contributed by atoms with van der Waals surface area (Å²) in [6, 6.07) is 21.0. The van der Waals surface area contributed by atoms with Gasteiger partial charge in [-0.05, 0) is 65.3 Å². The van der Waals surface area contributed by atoms with E-state index in [0.29, 0.717) is 32.6 Å². The van der Waals surface area contributed by atoms with Gasteiger partial charge in [0, 0.05) is 16.2 Å². The summed E-state index contributed by atoms with van der Waals surface area (Å²) in [7, 11) is 1.60. The molecule has 0 fully saturated rings. The van der Waals surface area contributed by atoms with Crippen LogP contribution in [0.15, 0.2) is 82.4 Å². The van der Waals surface area contributed by atoms with Crippen molar-refractivity contribution in [1.82, 2.24) is 14.8 Å². The van der Waals surface area contributed by atoms with Crippen molar-refractivity contribution in [2.24, 2.45) is 0 Å². The minimum absolute atomic E-state index is 0.0832. The van der Waals surface area contributed by atoms with E-state index < -0.39 is 11.9 Å². The normalized spacial score (nSPS) is 11.7. The fourth-order valence-electron chi connectivity index (χ4n) is 3.30. The molecule has 4 aromatic rings. The molecule has 10 heteroatoms. The summed E-state index contributed by atoms with van der Waals surface area (Å²) in [6.07, 6.45) is -0.437. The molecule has 180 valence electrons. The lowest BCUT2D eigenvalue weighted by molar-refractivity contribution is -0.113. The van der Waals surface area contributed by atoms with E-state index in [1.54, 1.807) is 13.2 Å². The van der Waals surface area contributed by atoms with E-state index in [9.17, 15) is 9.18 Å². The van der Waals surface area contributed by atoms with Crippen LogP contribution in [0.1, 0.15) is 18.9 Å². The van der Waals surface area contributed by atoms with Gasteiger partial charge in [-0.1, -0.05) is 36.0 Å². The second-order valence-corrected chi connectivity index (χ2v) is 9.21. The molecule has 0 aliphatic heterocycles. The van der Waals surface area contributed by atoms with Crippen LogP contribution >= 0.6 is 27.7 Å². The number of methoxy groups -OCH3 is 1. The Morgan fingerprint density at radius 3 is 2.60 bits per heavy atom. The number of carbonyl (C=O) groups excluding carboxylic acids is 1. The van der Waals surface area contributed by atoms with Crippen LogP contribution in [0.2, 0.25) is 0 Å².